The van der Waals surface area contributed by atoms with E-state index in [0.717, 1.165) is 38.5 Å². The molecule has 2 unspecified atom stereocenters. The van der Waals surface area contributed by atoms with Gasteiger partial charge in [0.2, 0.25) is 0 Å². The lowest BCUT2D eigenvalue weighted by atomic mass is 10.0. The third-order valence-corrected chi connectivity index (χ3v) is 3.98. The van der Waals surface area contributed by atoms with Gasteiger partial charge in [0.05, 0.1) is 6.61 Å². The molecule has 1 rings (SSSR count). The number of rotatable bonds is 8. The molecule has 2 atom stereocenters. The van der Waals surface area contributed by atoms with E-state index in [1.807, 2.05) is 13.8 Å². The summed E-state index contributed by atoms with van der Waals surface area (Å²) in [4.78, 5) is 14.6. The molecule has 0 spiro atoms. The molecular weight excluding hydrogens is 240 g/mol. The maximum absolute atomic E-state index is 12.2. The van der Waals surface area contributed by atoms with Crippen LogP contribution in [0.2, 0.25) is 0 Å². The highest BCUT2D eigenvalue weighted by Gasteiger charge is 2.37. The Labute approximate surface area is 117 Å². The number of nitrogens with one attached hydrogen (secondary N) is 1. The van der Waals surface area contributed by atoms with Gasteiger partial charge < -0.3 is 15.0 Å². The maximum Gasteiger partial charge on any atom is 0.327 e. The van der Waals surface area contributed by atoms with Crippen molar-refractivity contribution in [2.24, 2.45) is 5.92 Å². The quantitative estimate of drug-likeness (QED) is 0.685. The minimum absolute atomic E-state index is 0.122. The number of hydrogen-bond acceptors (Lipinski definition) is 4. The number of hydrogen-bond donors (Lipinski definition) is 1. The molecule has 0 aromatic heterocycles. The molecule has 0 aromatic rings. The zero-order valence-electron chi connectivity index (χ0n) is 13.0. The third-order valence-electron chi connectivity index (χ3n) is 3.98. The van der Waals surface area contributed by atoms with E-state index in [2.05, 4.69) is 24.1 Å². The van der Waals surface area contributed by atoms with Gasteiger partial charge in [-0.3, -0.25) is 4.79 Å². The lowest BCUT2D eigenvalue weighted by Gasteiger charge is -2.32. The summed E-state index contributed by atoms with van der Waals surface area (Å²) in [5, 5.41) is 3.37. The Morgan fingerprint density at radius 2 is 2.16 bits per heavy atom. The standard InChI is InChI=1S/C15H30N2O2/c1-5-9-16-15(4,14(18)19-7-3)12-17-10-8-13(6-2)11-17/h13,16H,5-12H2,1-4H3. The Balaban J connectivity index is 2.60. The Morgan fingerprint density at radius 3 is 2.68 bits per heavy atom. The molecule has 1 heterocycles. The molecule has 1 aliphatic heterocycles. The number of ether oxygens (including phenoxy) is 1. The SMILES string of the molecule is CCCNC(C)(CN1CCC(CC)C1)C(=O)OCC. The van der Waals surface area contributed by atoms with Crippen molar-refractivity contribution < 1.29 is 9.53 Å². The molecule has 4 nitrogen and oxygen atoms in total. The molecule has 0 aliphatic carbocycles. The van der Waals surface area contributed by atoms with Crippen LogP contribution in [-0.2, 0) is 9.53 Å². The van der Waals surface area contributed by atoms with Gasteiger partial charge in [0.1, 0.15) is 5.54 Å². The van der Waals surface area contributed by atoms with Crippen LogP contribution in [0.25, 0.3) is 0 Å². The largest absolute Gasteiger partial charge is 0.465 e. The lowest BCUT2D eigenvalue weighted by molar-refractivity contribution is -0.151. The number of likely N-dealkylation sites (tertiary alicyclic amines) is 1. The molecule has 1 saturated heterocycles. The smallest absolute Gasteiger partial charge is 0.327 e. The predicted molar refractivity (Wildman–Crippen MR) is 78.2 cm³/mol. The van der Waals surface area contributed by atoms with Gasteiger partial charge in [-0.1, -0.05) is 20.3 Å². The zero-order valence-corrected chi connectivity index (χ0v) is 13.0. The molecule has 0 amide bonds. The van der Waals surface area contributed by atoms with Crippen molar-refractivity contribution >= 4 is 5.97 Å². The van der Waals surface area contributed by atoms with Gasteiger partial charge in [0, 0.05) is 13.1 Å². The van der Waals surface area contributed by atoms with Crippen LogP contribution in [0.3, 0.4) is 0 Å². The maximum atomic E-state index is 12.2. The number of nitrogens with zero attached hydrogens (tertiary/aromatic N) is 1. The van der Waals surface area contributed by atoms with Gasteiger partial charge in [0.25, 0.3) is 0 Å². The highest BCUT2D eigenvalue weighted by molar-refractivity contribution is 5.80. The van der Waals surface area contributed by atoms with Crippen LogP contribution < -0.4 is 5.32 Å². The Hall–Kier alpha value is -0.610. The Kier molecular flexibility index (Phi) is 6.80. The van der Waals surface area contributed by atoms with Crippen molar-refractivity contribution in [2.75, 3.05) is 32.8 Å². The highest BCUT2D eigenvalue weighted by atomic mass is 16.5. The third kappa shape index (κ3) is 4.77. The van der Waals surface area contributed by atoms with Crippen molar-refractivity contribution in [3.05, 3.63) is 0 Å². The summed E-state index contributed by atoms with van der Waals surface area (Å²) in [6, 6.07) is 0. The molecule has 1 N–H and O–H groups in total. The molecule has 112 valence electrons. The molecule has 0 radical (unpaired) electrons. The summed E-state index contributed by atoms with van der Waals surface area (Å²) >= 11 is 0. The van der Waals surface area contributed by atoms with E-state index in [-0.39, 0.29) is 5.97 Å². The highest BCUT2D eigenvalue weighted by Crippen LogP contribution is 2.21. The molecule has 19 heavy (non-hydrogen) atoms. The molecular formula is C15H30N2O2. The van der Waals surface area contributed by atoms with Crippen LogP contribution in [0.4, 0.5) is 0 Å². The first-order valence-corrected chi connectivity index (χ1v) is 7.70. The normalized spacial score (nSPS) is 23.3. The second-order valence-electron chi connectivity index (χ2n) is 5.78. The minimum Gasteiger partial charge on any atom is -0.465 e. The first kappa shape index (κ1) is 16.4. The topological polar surface area (TPSA) is 41.6 Å². The lowest BCUT2D eigenvalue weighted by Crippen LogP contribution is -2.57. The van der Waals surface area contributed by atoms with Crippen LogP contribution >= 0.6 is 0 Å². The second kappa shape index (κ2) is 7.85. The zero-order chi connectivity index (χ0) is 14.3. The summed E-state index contributed by atoms with van der Waals surface area (Å²) in [5.74, 6) is 0.668. The summed E-state index contributed by atoms with van der Waals surface area (Å²) in [6.07, 6.45) is 3.50. The molecule has 4 heteroatoms. The van der Waals surface area contributed by atoms with Crippen molar-refractivity contribution in [1.82, 2.24) is 10.2 Å². The molecule has 1 fully saturated rings. The van der Waals surface area contributed by atoms with E-state index in [4.69, 9.17) is 4.74 Å². The van der Waals surface area contributed by atoms with Crippen molar-refractivity contribution in [3.63, 3.8) is 0 Å². The summed E-state index contributed by atoms with van der Waals surface area (Å²) in [6.45, 7) is 12.4. The fourth-order valence-corrected chi connectivity index (χ4v) is 2.72. The van der Waals surface area contributed by atoms with Crippen LogP contribution in [0, 0.1) is 5.92 Å². The molecule has 1 aliphatic rings. The van der Waals surface area contributed by atoms with E-state index in [1.54, 1.807) is 0 Å². The summed E-state index contributed by atoms with van der Waals surface area (Å²) < 4.78 is 5.24. The predicted octanol–water partition coefficient (Wildman–Crippen LogP) is 2.04. The fraction of sp³-hybridized carbons (Fsp3) is 0.933. The second-order valence-corrected chi connectivity index (χ2v) is 5.78. The minimum atomic E-state index is -0.575. The number of esters is 1. The van der Waals surface area contributed by atoms with Crippen molar-refractivity contribution in [2.45, 2.75) is 52.5 Å². The number of carbonyl (C=O) groups excluding carboxylic acids is 1. The Morgan fingerprint density at radius 1 is 1.42 bits per heavy atom. The molecule has 0 saturated carbocycles. The van der Waals surface area contributed by atoms with Gasteiger partial charge in [0.15, 0.2) is 0 Å². The summed E-state index contributed by atoms with van der Waals surface area (Å²) in [5.41, 5.74) is -0.575. The first-order chi connectivity index (χ1) is 9.05. The number of carbonyl (C=O) groups is 1. The van der Waals surface area contributed by atoms with E-state index < -0.39 is 5.54 Å². The van der Waals surface area contributed by atoms with Crippen molar-refractivity contribution in [3.8, 4) is 0 Å². The van der Waals surface area contributed by atoms with Crippen LogP contribution in [0.15, 0.2) is 0 Å². The van der Waals surface area contributed by atoms with Gasteiger partial charge in [-0.15, -0.1) is 0 Å². The van der Waals surface area contributed by atoms with Gasteiger partial charge in [-0.2, -0.15) is 0 Å². The first-order valence-electron chi connectivity index (χ1n) is 7.70. The van der Waals surface area contributed by atoms with E-state index >= 15 is 0 Å². The van der Waals surface area contributed by atoms with Gasteiger partial charge in [-0.05, 0) is 45.7 Å². The van der Waals surface area contributed by atoms with Gasteiger partial charge in [-0.25, -0.2) is 0 Å². The van der Waals surface area contributed by atoms with Crippen molar-refractivity contribution in [1.29, 1.82) is 0 Å². The van der Waals surface area contributed by atoms with Crippen LogP contribution in [0.5, 0.6) is 0 Å². The Bertz CT molecular complexity index is 283. The molecule has 0 bridgehead atoms. The van der Waals surface area contributed by atoms with E-state index in [0.29, 0.717) is 6.61 Å². The van der Waals surface area contributed by atoms with Crippen LogP contribution in [-0.4, -0.2) is 49.2 Å². The average Bonchev–Trinajstić information content (AvgIpc) is 2.84. The van der Waals surface area contributed by atoms with E-state index in [9.17, 15) is 4.79 Å². The fourth-order valence-electron chi connectivity index (χ4n) is 2.72. The van der Waals surface area contributed by atoms with E-state index in [1.165, 1.54) is 12.8 Å². The van der Waals surface area contributed by atoms with Gasteiger partial charge >= 0.3 is 5.97 Å². The summed E-state index contributed by atoms with van der Waals surface area (Å²) in [7, 11) is 0. The van der Waals surface area contributed by atoms with Crippen LogP contribution in [0.1, 0.15) is 47.0 Å². The monoisotopic (exact) mass is 270 g/mol. The molecule has 0 aromatic carbocycles. The average molecular weight is 270 g/mol.